The summed E-state index contributed by atoms with van der Waals surface area (Å²) in [6.45, 7) is 5.83. The zero-order chi connectivity index (χ0) is 16.1. The Morgan fingerprint density at radius 2 is 2.04 bits per heavy atom. The number of nitrogens with one attached hydrogen (secondary N) is 2. The number of aromatic nitrogens is 1. The Labute approximate surface area is 138 Å². The summed E-state index contributed by atoms with van der Waals surface area (Å²) in [6, 6.07) is 8.38. The maximum absolute atomic E-state index is 12.2. The molecule has 1 aliphatic rings. The highest BCUT2D eigenvalue weighted by Gasteiger charge is 2.19. The minimum absolute atomic E-state index is 0.302. The van der Waals surface area contributed by atoms with E-state index in [1.165, 1.54) is 16.5 Å². The van der Waals surface area contributed by atoms with Crippen LogP contribution in [-0.4, -0.2) is 42.0 Å². The van der Waals surface area contributed by atoms with Crippen molar-refractivity contribution >= 4 is 16.8 Å². The Morgan fingerprint density at radius 1 is 1.26 bits per heavy atom. The molecule has 0 unspecified atom stereocenters. The number of carbonyl (C=O) groups is 1. The molecule has 0 spiro atoms. The first-order valence-corrected chi connectivity index (χ1v) is 8.77. The first-order valence-electron chi connectivity index (χ1n) is 8.77. The SMILES string of the molecule is CC1CCN(C(=O)CCNCCc2c[nH]c3ccccc23)CC1. The third-order valence-electron chi connectivity index (χ3n) is 4.90. The third kappa shape index (κ3) is 4.14. The van der Waals surface area contributed by atoms with Gasteiger partial charge in [0, 0.05) is 43.2 Å². The van der Waals surface area contributed by atoms with E-state index in [0.29, 0.717) is 12.3 Å². The van der Waals surface area contributed by atoms with Crippen molar-refractivity contribution in [1.29, 1.82) is 0 Å². The van der Waals surface area contributed by atoms with E-state index in [-0.39, 0.29) is 0 Å². The van der Waals surface area contributed by atoms with Crippen LogP contribution in [0.5, 0.6) is 0 Å². The minimum atomic E-state index is 0.302. The van der Waals surface area contributed by atoms with Gasteiger partial charge in [-0.1, -0.05) is 25.1 Å². The largest absolute Gasteiger partial charge is 0.361 e. The summed E-state index contributed by atoms with van der Waals surface area (Å²) in [7, 11) is 0. The van der Waals surface area contributed by atoms with E-state index >= 15 is 0 Å². The molecule has 3 rings (SSSR count). The van der Waals surface area contributed by atoms with Gasteiger partial charge < -0.3 is 15.2 Å². The molecule has 0 bridgehead atoms. The van der Waals surface area contributed by atoms with E-state index in [4.69, 9.17) is 0 Å². The molecular formula is C19H27N3O. The zero-order valence-corrected chi connectivity index (χ0v) is 14.0. The van der Waals surface area contributed by atoms with Gasteiger partial charge in [0.1, 0.15) is 0 Å². The number of carbonyl (C=O) groups excluding carboxylic acids is 1. The topological polar surface area (TPSA) is 48.1 Å². The Bertz CT molecular complexity index is 641. The summed E-state index contributed by atoms with van der Waals surface area (Å²) < 4.78 is 0. The lowest BCUT2D eigenvalue weighted by Crippen LogP contribution is -2.39. The van der Waals surface area contributed by atoms with Gasteiger partial charge in [0.05, 0.1) is 0 Å². The standard InChI is InChI=1S/C19H27N3O/c1-15-8-12-22(13-9-15)19(23)7-11-20-10-6-16-14-21-18-5-3-2-4-17(16)18/h2-5,14-15,20-21H,6-13H2,1H3. The van der Waals surface area contributed by atoms with Crippen LogP contribution in [0, 0.1) is 5.92 Å². The molecule has 1 saturated heterocycles. The number of H-pyrrole nitrogens is 1. The molecule has 124 valence electrons. The molecule has 0 radical (unpaired) electrons. The number of amides is 1. The van der Waals surface area contributed by atoms with Crippen molar-refractivity contribution in [1.82, 2.24) is 15.2 Å². The number of hydrogen-bond donors (Lipinski definition) is 2. The lowest BCUT2D eigenvalue weighted by Gasteiger charge is -2.30. The van der Waals surface area contributed by atoms with Crippen LogP contribution in [0.2, 0.25) is 0 Å². The average molecular weight is 313 g/mol. The summed E-state index contributed by atoms with van der Waals surface area (Å²) in [4.78, 5) is 17.5. The van der Waals surface area contributed by atoms with E-state index in [1.54, 1.807) is 0 Å². The molecule has 2 heterocycles. The van der Waals surface area contributed by atoms with Gasteiger partial charge in [0.15, 0.2) is 0 Å². The number of rotatable bonds is 6. The van der Waals surface area contributed by atoms with Crippen LogP contribution < -0.4 is 5.32 Å². The number of hydrogen-bond acceptors (Lipinski definition) is 2. The lowest BCUT2D eigenvalue weighted by atomic mass is 9.99. The Balaban J connectivity index is 1.36. The van der Waals surface area contributed by atoms with Crippen LogP contribution in [0.15, 0.2) is 30.5 Å². The number of nitrogens with zero attached hydrogens (tertiary/aromatic N) is 1. The molecule has 2 N–H and O–H groups in total. The third-order valence-corrected chi connectivity index (χ3v) is 4.90. The molecular weight excluding hydrogens is 286 g/mol. The molecule has 0 saturated carbocycles. The fourth-order valence-corrected chi connectivity index (χ4v) is 3.30. The first kappa shape index (κ1) is 16.1. The van der Waals surface area contributed by atoms with Gasteiger partial charge in [-0.2, -0.15) is 0 Å². The van der Waals surface area contributed by atoms with Gasteiger partial charge in [-0.25, -0.2) is 0 Å². The van der Waals surface area contributed by atoms with E-state index in [1.807, 2.05) is 11.0 Å². The van der Waals surface area contributed by atoms with E-state index in [0.717, 1.165) is 51.4 Å². The van der Waals surface area contributed by atoms with E-state index in [9.17, 15) is 4.79 Å². The molecule has 4 nitrogen and oxygen atoms in total. The van der Waals surface area contributed by atoms with Gasteiger partial charge in [-0.05, 0) is 43.4 Å². The average Bonchev–Trinajstić information content (AvgIpc) is 2.98. The fraction of sp³-hybridized carbons (Fsp3) is 0.526. The predicted octanol–water partition coefficient (Wildman–Crippen LogP) is 2.95. The summed E-state index contributed by atoms with van der Waals surface area (Å²) in [5.41, 5.74) is 2.53. The highest BCUT2D eigenvalue weighted by molar-refractivity contribution is 5.83. The molecule has 1 aromatic heterocycles. The summed E-state index contributed by atoms with van der Waals surface area (Å²) in [5, 5.41) is 4.70. The Hall–Kier alpha value is -1.81. The van der Waals surface area contributed by atoms with Crippen molar-refractivity contribution in [3.05, 3.63) is 36.0 Å². The summed E-state index contributed by atoms with van der Waals surface area (Å²) in [5.74, 6) is 1.07. The predicted molar refractivity (Wildman–Crippen MR) is 94.5 cm³/mol. The smallest absolute Gasteiger partial charge is 0.223 e. The summed E-state index contributed by atoms with van der Waals surface area (Å²) in [6.07, 6.45) is 5.99. The highest BCUT2D eigenvalue weighted by atomic mass is 16.2. The van der Waals surface area contributed by atoms with Crippen LogP contribution in [0.4, 0.5) is 0 Å². The maximum atomic E-state index is 12.2. The van der Waals surface area contributed by atoms with Crippen molar-refractivity contribution in [2.45, 2.75) is 32.6 Å². The van der Waals surface area contributed by atoms with Crippen molar-refractivity contribution in [3.8, 4) is 0 Å². The fourth-order valence-electron chi connectivity index (χ4n) is 3.30. The number of benzene rings is 1. The van der Waals surface area contributed by atoms with Gasteiger partial charge in [0.2, 0.25) is 5.91 Å². The second-order valence-corrected chi connectivity index (χ2v) is 6.67. The van der Waals surface area contributed by atoms with E-state index < -0.39 is 0 Å². The van der Waals surface area contributed by atoms with Gasteiger partial charge in [-0.15, -0.1) is 0 Å². The number of para-hydroxylation sites is 1. The van der Waals surface area contributed by atoms with Crippen LogP contribution in [0.1, 0.15) is 31.7 Å². The first-order chi connectivity index (χ1) is 11.2. The molecule has 0 atom stereocenters. The lowest BCUT2D eigenvalue weighted by molar-refractivity contribution is -0.132. The van der Waals surface area contributed by atoms with Crippen LogP contribution >= 0.6 is 0 Å². The van der Waals surface area contributed by atoms with Crippen molar-refractivity contribution in [3.63, 3.8) is 0 Å². The molecule has 1 aliphatic heterocycles. The number of aromatic amines is 1. The monoisotopic (exact) mass is 313 g/mol. The molecule has 2 aromatic rings. The quantitative estimate of drug-likeness (QED) is 0.806. The Morgan fingerprint density at radius 3 is 2.87 bits per heavy atom. The zero-order valence-electron chi connectivity index (χ0n) is 14.0. The van der Waals surface area contributed by atoms with Crippen LogP contribution in [-0.2, 0) is 11.2 Å². The summed E-state index contributed by atoms with van der Waals surface area (Å²) >= 11 is 0. The molecule has 1 amide bonds. The van der Waals surface area contributed by atoms with Gasteiger partial charge >= 0.3 is 0 Å². The molecule has 4 heteroatoms. The number of likely N-dealkylation sites (tertiary alicyclic amines) is 1. The second-order valence-electron chi connectivity index (χ2n) is 6.67. The van der Waals surface area contributed by atoms with Gasteiger partial charge in [-0.3, -0.25) is 4.79 Å². The van der Waals surface area contributed by atoms with Crippen molar-refractivity contribution in [2.24, 2.45) is 5.92 Å². The van der Waals surface area contributed by atoms with Gasteiger partial charge in [0.25, 0.3) is 0 Å². The van der Waals surface area contributed by atoms with E-state index in [2.05, 4.69) is 41.6 Å². The minimum Gasteiger partial charge on any atom is -0.361 e. The maximum Gasteiger partial charge on any atom is 0.223 e. The molecule has 1 aromatic carbocycles. The highest BCUT2D eigenvalue weighted by Crippen LogP contribution is 2.18. The normalized spacial score (nSPS) is 16.1. The van der Waals surface area contributed by atoms with Crippen LogP contribution in [0.25, 0.3) is 10.9 Å². The van der Waals surface area contributed by atoms with Crippen molar-refractivity contribution in [2.75, 3.05) is 26.2 Å². The Kier molecular flexibility index (Phi) is 5.34. The molecule has 0 aliphatic carbocycles. The molecule has 23 heavy (non-hydrogen) atoms. The number of fused-ring (bicyclic) bond motifs is 1. The van der Waals surface area contributed by atoms with Crippen LogP contribution in [0.3, 0.4) is 0 Å². The second kappa shape index (κ2) is 7.64. The van der Waals surface area contributed by atoms with Crippen molar-refractivity contribution < 1.29 is 4.79 Å². The molecule has 1 fully saturated rings. The number of piperidine rings is 1.